The summed E-state index contributed by atoms with van der Waals surface area (Å²) in [5.41, 5.74) is 0. The van der Waals surface area contributed by atoms with Gasteiger partial charge in [-0.1, -0.05) is 223 Å². The highest BCUT2D eigenvalue weighted by molar-refractivity contribution is 5.77. The van der Waals surface area contributed by atoms with Gasteiger partial charge >= 0.3 is 5.97 Å². The molecule has 0 aromatic rings. The topological polar surface area (TPSA) is 95.9 Å². The number of ether oxygens (including phenoxy) is 1. The molecule has 0 aliphatic heterocycles. The summed E-state index contributed by atoms with van der Waals surface area (Å²) in [6.07, 6.45) is 61.4. The summed E-state index contributed by atoms with van der Waals surface area (Å²) in [5, 5.41) is 23.8. The Balaban J connectivity index is 4.67. The van der Waals surface area contributed by atoms with Crippen LogP contribution in [0.25, 0.3) is 0 Å². The van der Waals surface area contributed by atoms with Crippen LogP contribution in [0.5, 0.6) is 0 Å². The fourth-order valence-corrected chi connectivity index (χ4v) is 7.85. The lowest BCUT2D eigenvalue weighted by atomic mass is 10.0. The third-order valence-corrected chi connectivity index (χ3v) is 11.9. The predicted molar refractivity (Wildman–Crippen MR) is 268 cm³/mol. The molecule has 0 spiro atoms. The third-order valence-electron chi connectivity index (χ3n) is 11.9. The fraction of sp³-hybridized carbons (Fsp3) is 0.786. The van der Waals surface area contributed by atoms with Crippen molar-refractivity contribution in [1.82, 2.24) is 5.32 Å². The fourth-order valence-electron chi connectivity index (χ4n) is 7.85. The second-order valence-corrected chi connectivity index (χ2v) is 17.9. The normalized spacial score (nSPS) is 13.7. The van der Waals surface area contributed by atoms with Crippen molar-refractivity contribution < 1.29 is 24.5 Å². The van der Waals surface area contributed by atoms with E-state index in [4.69, 9.17) is 4.74 Å². The first kappa shape index (κ1) is 59.6. The number of carbonyl (C=O) groups is 2. The minimum absolute atomic E-state index is 0.0497. The maximum Gasteiger partial charge on any atom is 0.306 e. The van der Waals surface area contributed by atoms with Gasteiger partial charge in [0.05, 0.1) is 25.2 Å². The number of carbonyl (C=O) groups excluding carboxylic acids is 2. The Kier molecular flexibility index (Phi) is 47.6. The van der Waals surface area contributed by atoms with Crippen molar-refractivity contribution in [2.75, 3.05) is 6.61 Å². The number of hydrogen-bond acceptors (Lipinski definition) is 5. The van der Waals surface area contributed by atoms with Gasteiger partial charge in [-0.05, 0) is 83.5 Å². The Hall–Kier alpha value is -2.44. The van der Waals surface area contributed by atoms with Crippen LogP contribution in [-0.4, -0.2) is 46.9 Å². The van der Waals surface area contributed by atoms with E-state index in [0.29, 0.717) is 19.3 Å². The number of aliphatic hydroxyl groups excluding tert-OH is 2. The third kappa shape index (κ3) is 44.2. The summed E-state index contributed by atoms with van der Waals surface area (Å²) in [6.45, 7) is 6.36. The lowest BCUT2D eigenvalue weighted by Crippen LogP contribution is -2.46. The van der Waals surface area contributed by atoms with Crippen molar-refractivity contribution in [3.63, 3.8) is 0 Å². The van der Waals surface area contributed by atoms with Gasteiger partial charge in [0.1, 0.15) is 6.10 Å². The maximum absolute atomic E-state index is 13.2. The Labute approximate surface area is 384 Å². The van der Waals surface area contributed by atoms with Crippen LogP contribution in [0.2, 0.25) is 0 Å². The average Bonchev–Trinajstić information content (AvgIpc) is 3.26. The van der Waals surface area contributed by atoms with Crippen LogP contribution in [0.1, 0.15) is 258 Å². The molecule has 0 aliphatic carbocycles. The van der Waals surface area contributed by atoms with Gasteiger partial charge in [0.15, 0.2) is 0 Å². The molecule has 6 nitrogen and oxygen atoms in total. The van der Waals surface area contributed by atoms with Gasteiger partial charge in [0, 0.05) is 6.42 Å². The van der Waals surface area contributed by atoms with E-state index in [-0.39, 0.29) is 24.9 Å². The summed E-state index contributed by atoms with van der Waals surface area (Å²) in [4.78, 5) is 26.2. The number of hydrogen-bond donors (Lipinski definition) is 3. The summed E-state index contributed by atoms with van der Waals surface area (Å²) < 4.78 is 5.92. The van der Waals surface area contributed by atoms with Gasteiger partial charge in [-0.25, -0.2) is 0 Å². The van der Waals surface area contributed by atoms with Crippen molar-refractivity contribution in [1.29, 1.82) is 0 Å². The van der Waals surface area contributed by atoms with Crippen LogP contribution in [0.15, 0.2) is 60.8 Å². The monoisotopic (exact) mass is 868 g/mol. The first-order valence-electron chi connectivity index (χ1n) is 26.5. The SMILES string of the molecule is CC/C=C/C/C=C/C/C=C/CCCCCCC(=O)OC(CCCCC/C=C/C=C/CCCCCCCCC)CC(=O)NC(CO)C(O)CCCCCCCCCCCCCCC. The van der Waals surface area contributed by atoms with Gasteiger partial charge in [-0.3, -0.25) is 9.59 Å². The zero-order valence-electron chi connectivity index (χ0n) is 41.0. The summed E-state index contributed by atoms with van der Waals surface area (Å²) in [7, 11) is 0. The second-order valence-electron chi connectivity index (χ2n) is 17.9. The van der Waals surface area contributed by atoms with E-state index in [1.807, 2.05) is 0 Å². The predicted octanol–water partition coefficient (Wildman–Crippen LogP) is 16.0. The molecule has 0 heterocycles. The van der Waals surface area contributed by atoms with Crippen LogP contribution in [0.3, 0.4) is 0 Å². The molecule has 6 heteroatoms. The minimum Gasteiger partial charge on any atom is -0.462 e. The Bertz CT molecular complexity index is 1110. The van der Waals surface area contributed by atoms with Gasteiger partial charge in [0.25, 0.3) is 0 Å². The van der Waals surface area contributed by atoms with E-state index in [2.05, 4.69) is 86.8 Å². The van der Waals surface area contributed by atoms with E-state index in [0.717, 1.165) is 103 Å². The number of esters is 1. The molecule has 360 valence electrons. The molecular weight excluding hydrogens is 767 g/mol. The second kappa shape index (κ2) is 49.6. The summed E-state index contributed by atoms with van der Waals surface area (Å²) >= 11 is 0. The van der Waals surface area contributed by atoms with Crippen molar-refractivity contribution in [3.05, 3.63) is 60.8 Å². The number of aliphatic hydroxyl groups is 2. The maximum atomic E-state index is 13.2. The van der Waals surface area contributed by atoms with Gasteiger partial charge in [-0.15, -0.1) is 0 Å². The van der Waals surface area contributed by atoms with Crippen LogP contribution in [-0.2, 0) is 14.3 Å². The standard InChI is InChI=1S/C56H101NO5/c1-4-7-10-13-16-19-22-25-27-28-30-32-35-38-41-44-47-52(62-56(61)49-46-43-40-37-34-31-26-23-20-17-14-11-8-5-2)50-55(60)57-53(51-58)54(59)48-45-42-39-36-33-29-24-21-18-15-12-9-6-3/h8,11,17,20,26-28,30-32,52-54,58-59H,4-7,9-10,12-16,18-19,21-25,29,33-51H2,1-3H3,(H,57,60)/b11-8+,20-17+,28-27+,31-26+,32-30+. The number of allylic oxidation sites excluding steroid dienone is 10. The van der Waals surface area contributed by atoms with Gasteiger partial charge in [0.2, 0.25) is 5.91 Å². The molecule has 0 aliphatic rings. The van der Waals surface area contributed by atoms with Crippen LogP contribution >= 0.6 is 0 Å². The van der Waals surface area contributed by atoms with Crippen molar-refractivity contribution >= 4 is 11.9 Å². The van der Waals surface area contributed by atoms with Gasteiger partial charge in [-0.2, -0.15) is 0 Å². The molecule has 0 radical (unpaired) electrons. The van der Waals surface area contributed by atoms with E-state index < -0.39 is 18.2 Å². The molecule has 0 aromatic carbocycles. The average molecular weight is 868 g/mol. The van der Waals surface area contributed by atoms with Crippen LogP contribution in [0.4, 0.5) is 0 Å². The van der Waals surface area contributed by atoms with E-state index in [1.54, 1.807) is 0 Å². The number of amides is 1. The van der Waals surface area contributed by atoms with E-state index in [1.165, 1.54) is 109 Å². The summed E-state index contributed by atoms with van der Waals surface area (Å²) in [5.74, 6) is -0.523. The Morgan fingerprint density at radius 2 is 0.919 bits per heavy atom. The number of unbranched alkanes of at least 4 members (excludes halogenated alkanes) is 26. The van der Waals surface area contributed by atoms with E-state index >= 15 is 0 Å². The van der Waals surface area contributed by atoms with Crippen molar-refractivity contribution in [3.8, 4) is 0 Å². The molecule has 0 saturated heterocycles. The molecule has 0 aromatic heterocycles. The Morgan fingerprint density at radius 3 is 1.44 bits per heavy atom. The first-order chi connectivity index (χ1) is 30.5. The minimum atomic E-state index is -0.800. The zero-order chi connectivity index (χ0) is 45.2. The zero-order valence-corrected chi connectivity index (χ0v) is 41.0. The van der Waals surface area contributed by atoms with Crippen LogP contribution < -0.4 is 5.32 Å². The highest BCUT2D eigenvalue weighted by Crippen LogP contribution is 2.17. The highest BCUT2D eigenvalue weighted by Gasteiger charge is 2.24. The molecule has 0 saturated carbocycles. The molecule has 3 N–H and O–H groups in total. The first-order valence-corrected chi connectivity index (χ1v) is 26.5. The van der Waals surface area contributed by atoms with Crippen molar-refractivity contribution in [2.45, 2.75) is 277 Å². The molecular formula is C56H101NO5. The van der Waals surface area contributed by atoms with Crippen LogP contribution in [0, 0.1) is 0 Å². The quantitative estimate of drug-likeness (QED) is 0.0245. The highest BCUT2D eigenvalue weighted by atomic mass is 16.5. The molecule has 0 rings (SSSR count). The van der Waals surface area contributed by atoms with Gasteiger partial charge < -0.3 is 20.3 Å². The Morgan fingerprint density at radius 1 is 0.500 bits per heavy atom. The molecule has 0 fully saturated rings. The molecule has 3 atom stereocenters. The largest absolute Gasteiger partial charge is 0.462 e. The molecule has 0 bridgehead atoms. The summed E-state index contributed by atoms with van der Waals surface area (Å²) in [6, 6.07) is -0.716. The smallest absolute Gasteiger partial charge is 0.306 e. The number of rotatable bonds is 47. The number of nitrogens with one attached hydrogen (secondary N) is 1. The lowest BCUT2D eigenvalue weighted by Gasteiger charge is -2.24. The van der Waals surface area contributed by atoms with E-state index in [9.17, 15) is 19.8 Å². The molecule has 62 heavy (non-hydrogen) atoms. The molecule has 3 unspecified atom stereocenters. The lowest BCUT2D eigenvalue weighted by molar-refractivity contribution is -0.151. The molecule has 1 amide bonds. The van der Waals surface area contributed by atoms with Crippen molar-refractivity contribution in [2.24, 2.45) is 0 Å².